The maximum absolute atomic E-state index is 11.7. The van der Waals surface area contributed by atoms with Gasteiger partial charge in [-0.15, -0.1) is 6.42 Å². The molecule has 0 N–H and O–H groups in total. The van der Waals surface area contributed by atoms with Gasteiger partial charge in [0.1, 0.15) is 6.10 Å². The lowest BCUT2D eigenvalue weighted by Gasteiger charge is -2.09. The first-order valence-corrected chi connectivity index (χ1v) is 5.83. The van der Waals surface area contributed by atoms with Crippen LogP contribution >= 0.6 is 0 Å². The van der Waals surface area contributed by atoms with Crippen LogP contribution in [0.4, 0.5) is 0 Å². The third kappa shape index (κ3) is 2.82. The average Bonchev–Trinajstić information content (AvgIpc) is 2.17. The second-order valence-corrected chi connectivity index (χ2v) is 4.67. The van der Waals surface area contributed by atoms with E-state index in [0.717, 1.165) is 0 Å². The summed E-state index contributed by atoms with van der Waals surface area (Å²) in [6, 6.07) is 6.60. The van der Waals surface area contributed by atoms with Gasteiger partial charge in [-0.2, -0.15) is 8.42 Å². The fourth-order valence-corrected chi connectivity index (χ4v) is 2.35. The number of rotatable bonds is 3. The predicted molar refractivity (Wildman–Crippen MR) is 57.7 cm³/mol. The van der Waals surface area contributed by atoms with Gasteiger partial charge >= 0.3 is 0 Å². The summed E-state index contributed by atoms with van der Waals surface area (Å²) in [6.45, 7) is 3.21. The van der Waals surface area contributed by atoms with Crippen molar-refractivity contribution in [3.8, 4) is 12.3 Å². The van der Waals surface area contributed by atoms with Crippen LogP contribution in [-0.4, -0.2) is 14.5 Å². The fourth-order valence-electron chi connectivity index (χ4n) is 1.11. The summed E-state index contributed by atoms with van der Waals surface area (Å²) < 4.78 is 28.2. The molecule has 80 valence electrons. The second-order valence-electron chi connectivity index (χ2n) is 3.12. The molecule has 1 atom stereocenters. The Morgan fingerprint density at radius 2 is 2.00 bits per heavy atom. The van der Waals surface area contributed by atoms with Crippen molar-refractivity contribution >= 4 is 10.1 Å². The molecule has 0 bridgehead atoms. The van der Waals surface area contributed by atoms with E-state index in [1.807, 2.05) is 0 Å². The van der Waals surface area contributed by atoms with Crippen molar-refractivity contribution in [1.29, 1.82) is 0 Å². The van der Waals surface area contributed by atoms with Gasteiger partial charge in [-0.3, -0.25) is 4.18 Å². The van der Waals surface area contributed by atoms with Gasteiger partial charge in [0.2, 0.25) is 0 Å². The van der Waals surface area contributed by atoms with Crippen LogP contribution in [0.25, 0.3) is 0 Å². The van der Waals surface area contributed by atoms with Gasteiger partial charge in [-0.25, -0.2) is 0 Å². The van der Waals surface area contributed by atoms with Gasteiger partial charge in [0.05, 0.1) is 4.90 Å². The Bertz CT molecular complexity index is 483. The first-order valence-electron chi connectivity index (χ1n) is 4.42. The Kier molecular flexibility index (Phi) is 3.51. The summed E-state index contributed by atoms with van der Waals surface area (Å²) in [5.41, 5.74) is 0.640. The van der Waals surface area contributed by atoms with Gasteiger partial charge in [0.15, 0.2) is 0 Å². The molecule has 0 radical (unpaired) electrons. The van der Waals surface area contributed by atoms with Crippen LogP contribution in [-0.2, 0) is 14.3 Å². The van der Waals surface area contributed by atoms with E-state index >= 15 is 0 Å². The zero-order chi connectivity index (χ0) is 11.5. The molecule has 1 aromatic rings. The Hall–Kier alpha value is -1.31. The van der Waals surface area contributed by atoms with Crippen molar-refractivity contribution in [3.63, 3.8) is 0 Å². The topological polar surface area (TPSA) is 43.4 Å². The van der Waals surface area contributed by atoms with Gasteiger partial charge in [-0.1, -0.05) is 24.1 Å². The highest BCUT2D eigenvalue weighted by Crippen LogP contribution is 2.17. The lowest BCUT2D eigenvalue weighted by molar-refractivity contribution is 0.283. The van der Waals surface area contributed by atoms with Gasteiger partial charge in [0.25, 0.3) is 10.1 Å². The molecular weight excluding hydrogens is 212 g/mol. The molecule has 0 aliphatic heterocycles. The van der Waals surface area contributed by atoms with E-state index in [-0.39, 0.29) is 4.90 Å². The molecule has 0 saturated carbocycles. The van der Waals surface area contributed by atoms with Crippen molar-refractivity contribution < 1.29 is 12.6 Å². The summed E-state index contributed by atoms with van der Waals surface area (Å²) in [6.07, 6.45) is 4.30. The summed E-state index contributed by atoms with van der Waals surface area (Å²) >= 11 is 0. The van der Waals surface area contributed by atoms with E-state index in [2.05, 4.69) is 5.92 Å². The zero-order valence-electron chi connectivity index (χ0n) is 8.60. The number of terminal acetylenes is 1. The standard InChI is InChI=1S/C11H12O3S/c1-4-10(3)14-15(12,13)11-8-6-5-7-9(11)2/h1,5-8,10H,2-3H3. The minimum Gasteiger partial charge on any atom is -0.250 e. The molecular formula is C11H12O3S. The molecule has 3 nitrogen and oxygen atoms in total. The molecule has 0 aliphatic rings. The van der Waals surface area contributed by atoms with E-state index in [0.29, 0.717) is 5.56 Å². The van der Waals surface area contributed by atoms with Gasteiger partial charge in [-0.05, 0) is 25.5 Å². The molecule has 0 aromatic heterocycles. The smallest absolute Gasteiger partial charge is 0.250 e. The maximum atomic E-state index is 11.7. The largest absolute Gasteiger partial charge is 0.298 e. The lowest BCUT2D eigenvalue weighted by Crippen LogP contribution is -2.14. The van der Waals surface area contributed by atoms with Crippen molar-refractivity contribution in [1.82, 2.24) is 0 Å². The zero-order valence-corrected chi connectivity index (χ0v) is 9.41. The summed E-state index contributed by atoms with van der Waals surface area (Å²) in [5, 5.41) is 0. The van der Waals surface area contributed by atoms with Crippen molar-refractivity contribution in [3.05, 3.63) is 29.8 Å². The van der Waals surface area contributed by atoms with Gasteiger partial charge in [0, 0.05) is 0 Å². The van der Waals surface area contributed by atoms with Crippen LogP contribution < -0.4 is 0 Å². The Morgan fingerprint density at radius 1 is 1.40 bits per heavy atom. The monoisotopic (exact) mass is 224 g/mol. The van der Waals surface area contributed by atoms with Crippen molar-refractivity contribution in [2.75, 3.05) is 0 Å². The Morgan fingerprint density at radius 3 is 2.53 bits per heavy atom. The molecule has 4 heteroatoms. The number of hydrogen-bond donors (Lipinski definition) is 0. The molecule has 0 fully saturated rings. The number of hydrogen-bond acceptors (Lipinski definition) is 3. The van der Waals surface area contributed by atoms with E-state index < -0.39 is 16.2 Å². The molecule has 0 aliphatic carbocycles. The first-order chi connectivity index (χ1) is 6.97. The molecule has 1 aromatic carbocycles. The molecule has 1 rings (SSSR count). The highest BCUT2D eigenvalue weighted by Gasteiger charge is 2.19. The quantitative estimate of drug-likeness (QED) is 0.580. The number of benzene rings is 1. The van der Waals surface area contributed by atoms with Crippen LogP contribution in [0.2, 0.25) is 0 Å². The summed E-state index contributed by atoms with van der Waals surface area (Å²) in [4.78, 5) is 0.159. The lowest BCUT2D eigenvalue weighted by atomic mass is 10.2. The Labute approximate surface area is 90.2 Å². The maximum Gasteiger partial charge on any atom is 0.298 e. The normalized spacial score (nSPS) is 13.1. The summed E-state index contributed by atoms with van der Waals surface area (Å²) in [7, 11) is -3.74. The molecule has 1 unspecified atom stereocenters. The molecule has 0 heterocycles. The predicted octanol–water partition coefficient (Wildman–Crippen LogP) is 1.72. The molecule has 0 amide bonds. The molecule has 15 heavy (non-hydrogen) atoms. The Balaban J connectivity index is 3.09. The molecule has 0 spiro atoms. The van der Waals surface area contributed by atoms with Crippen LogP contribution in [0.1, 0.15) is 12.5 Å². The third-order valence-electron chi connectivity index (χ3n) is 1.87. The third-order valence-corrected chi connectivity index (χ3v) is 3.41. The SMILES string of the molecule is C#CC(C)OS(=O)(=O)c1ccccc1C. The summed E-state index contributed by atoms with van der Waals surface area (Å²) in [5.74, 6) is 2.21. The van der Waals surface area contributed by atoms with E-state index in [9.17, 15) is 8.42 Å². The second kappa shape index (κ2) is 4.47. The number of aryl methyl sites for hydroxylation is 1. The van der Waals surface area contributed by atoms with Crippen LogP contribution in [0, 0.1) is 19.3 Å². The van der Waals surface area contributed by atoms with E-state index in [1.54, 1.807) is 25.1 Å². The minimum absolute atomic E-state index is 0.159. The van der Waals surface area contributed by atoms with E-state index in [1.165, 1.54) is 13.0 Å². The van der Waals surface area contributed by atoms with Crippen LogP contribution in [0.15, 0.2) is 29.2 Å². The van der Waals surface area contributed by atoms with E-state index in [4.69, 9.17) is 10.6 Å². The van der Waals surface area contributed by atoms with Crippen LogP contribution in [0.3, 0.4) is 0 Å². The van der Waals surface area contributed by atoms with Crippen molar-refractivity contribution in [2.24, 2.45) is 0 Å². The van der Waals surface area contributed by atoms with Gasteiger partial charge < -0.3 is 0 Å². The highest BCUT2D eigenvalue weighted by atomic mass is 32.2. The fraction of sp³-hybridized carbons (Fsp3) is 0.273. The van der Waals surface area contributed by atoms with Crippen LogP contribution in [0.5, 0.6) is 0 Å². The first kappa shape index (κ1) is 11.8. The average molecular weight is 224 g/mol. The van der Waals surface area contributed by atoms with Crippen molar-refractivity contribution in [2.45, 2.75) is 24.8 Å². The molecule has 0 saturated heterocycles. The highest BCUT2D eigenvalue weighted by molar-refractivity contribution is 7.86. The minimum atomic E-state index is -3.74.